The van der Waals surface area contributed by atoms with Crippen LogP contribution >= 0.6 is 0 Å². The zero-order chi connectivity index (χ0) is 14.8. The maximum absolute atomic E-state index is 12.1. The summed E-state index contributed by atoms with van der Waals surface area (Å²) in [5.41, 5.74) is 0.296. The lowest BCUT2D eigenvalue weighted by Crippen LogP contribution is -2.47. The molecular weight excluding hydrogens is 280 g/mol. The first kappa shape index (κ1) is 14.5. The van der Waals surface area contributed by atoms with Gasteiger partial charge in [0, 0.05) is 30.8 Å². The Morgan fingerprint density at radius 1 is 1.40 bits per heavy atom. The van der Waals surface area contributed by atoms with Gasteiger partial charge in [-0.3, -0.25) is 9.59 Å². The average molecular weight is 296 g/mol. The van der Waals surface area contributed by atoms with Gasteiger partial charge in [0.05, 0.1) is 4.90 Å². The number of amides is 2. The van der Waals surface area contributed by atoms with Gasteiger partial charge in [-0.2, -0.15) is 0 Å². The van der Waals surface area contributed by atoms with Crippen LogP contribution in [0.1, 0.15) is 23.2 Å². The van der Waals surface area contributed by atoms with Crippen LogP contribution in [-0.4, -0.2) is 39.1 Å². The number of hydrogen-bond donors (Lipinski definition) is 2. The fourth-order valence-electron chi connectivity index (χ4n) is 1.99. The number of rotatable bonds is 3. The van der Waals surface area contributed by atoms with E-state index in [9.17, 15) is 18.0 Å². The molecule has 1 saturated heterocycles. The third-order valence-corrected chi connectivity index (χ3v) is 4.24. The molecule has 108 valence electrons. The van der Waals surface area contributed by atoms with Gasteiger partial charge >= 0.3 is 0 Å². The molecule has 1 fully saturated rings. The second-order valence-electron chi connectivity index (χ2n) is 4.81. The van der Waals surface area contributed by atoms with Crippen molar-refractivity contribution in [2.45, 2.75) is 23.8 Å². The minimum atomic E-state index is -3.34. The summed E-state index contributed by atoms with van der Waals surface area (Å²) in [6.45, 7) is 0.399. The van der Waals surface area contributed by atoms with Crippen molar-refractivity contribution < 1.29 is 18.0 Å². The van der Waals surface area contributed by atoms with Crippen molar-refractivity contribution in [1.82, 2.24) is 10.6 Å². The molecule has 1 aliphatic heterocycles. The number of piperidine rings is 1. The van der Waals surface area contributed by atoms with E-state index >= 15 is 0 Å². The van der Waals surface area contributed by atoms with Gasteiger partial charge in [0.25, 0.3) is 5.91 Å². The lowest BCUT2D eigenvalue weighted by molar-refractivity contribution is -0.122. The third kappa shape index (κ3) is 3.57. The van der Waals surface area contributed by atoms with Gasteiger partial charge in [-0.1, -0.05) is 6.07 Å². The fraction of sp³-hybridized carbons (Fsp3) is 0.385. The molecule has 7 heteroatoms. The summed E-state index contributed by atoms with van der Waals surface area (Å²) < 4.78 is 22.9. The number of benzene rings is 1. The molecule has 0 radical (unpaired) electrons. The van der Waals surface area contributed by atoms with Crippen LogP contribution in [0.4, 0.5) is 0 Å². The molecule has 1 aromatic rings. The second-order valence-corrected chi connectivity index (χ2v) is 6.83. The molecule has 0 bridgehead atoms. The van der Waals surface area contributed by atoms with Crippen LogP contribution in [0.15, 0.2) is 29.2 Å². The highest BCUT2D eigenvalue weighted by atomic mass is 32.2. The standard InChI is InChI=1S/C13H16N2O4S/c1-20(18,19)11-4-2-3-9(7-11)13(17)15-10-5-6-12(16)14-8-10/h2-4,7,10H,5-6,8H2,1H3,(H,14,16)(H,15,17). The predicted molar refractivity (Wildman–Crippen MR) is 73.0 cm³/mol. The fourth-order valence-corrected chi connectivity index (χ4v) is 2.66. The van der Waals surface area contributed by atoms with Crippen molar-refractivity contribution >= 4 is 21.7 Å². The molecule has 1 unspecified atom stereocenters. The van der Waals surface area contributed by atoms with Crippen LogP contribution < -0.4 is 10.6 Å². The van der Waals surface area contributed by atoms with E-state index in [4.69, 9.17) is 0 Å². The lowest BCUT2D eigenvalue weighted by atomic mass is 10.1. The molecule has 2 N–H and O–H groups in total. The van der Waals surface area contributed by atoms with Crippen molar-refractivity contribution in [3.63, 3.8) is 0 Å². The van der Waals surface area contributed by atoms with Crippen LogP contribution in [0.3, 0.4) is 0 Å². The first-order valence-corrected chi connectivity index (χ1v) is 8.13. The molecule has 2 rings (SSSR count). The van der Waals surface area contributed by atoms with Crippen LogP contribution in [-0.2, 0) is 14.6 Å². The van der Waals surface area contributed by atoms with Crippen molar-refractivity contribution in [3.8, 4) is 0 Å². The third-order valence-electron chi connectivity index (χ3n) is 3.13. The first-order valence-electron chi connectivity index (χ1n) is 6.24. The Kier molecular flexibility index (Phi) is 4.08. The van der Waals surface area contributed by atoms with Crippen molar-refractivity contribution in [2.75, 3.05) is 12.8 Å². The molecule has 0 aromatic heterocycles. The van der Waals surface area contributed by atoms with Gasteiger partial charge in [0.1, 0.15) is 0 Å². The predicted octanol–water partition coefficient (Wildman–Crippen LogP) is 0.0985. The number of carbonyl (C=O) groups is 2. The highest BCUT2D eigenvalue weighted by molar-refractivity contribution is 7.90. The Bertz CT molecular complexity index is 630. The van der Waals surface area contributed by atoms with Crippen LogP contribution in [0.2, 0.25) is 0 Å². The SMILES string of the molecule is CS(=O)(=O)c1cccc(C(=O)NC2CCC(=O)NC2)c1. The van der Waals surface area contributed by atoms with Crippen molar-refractivity contribution in [3.05, 3.63) is 29.8 Å². The summed E-state index contributed by atoms with van der Waals surface area (Å²) in [5.74, 6) is -0.355. The highest BCUT2D eigenvalue weighted by Gasteiger charge is 2.20. The minimum absolute atomic E-state index is 0.0189. The van der Waals surface area contributed by atoms with E-state index in [1.54, 1.807) is 6.07 Å². The van der Waals surface area contributed by atoms with Gasteiger partial charge in [-0.25, -0.2) is 8.42 Å². The van der Waals surface area contributed by atoms with Crippen molar-refractivity contribution in [1.29, 1.82) is 0 Å². The summed E-state index contributed by atoms with van der Waals surface area (Å²) in [5, 5.41) is 5.46. The minimum Gasteiger partial charge on any atom is -0.354 e. The van der Waals surface area contributed by atoms with Crippen LogP contribution in [0.5, 0.6) is 0 Å². The Balaban J connectivity index is 2.08. The van der Waals surface area contributed by atoms with Crippen molar-refractivity contribution in [2.24, 2.45) is 0 Å². The van der Waals surface area contributed by atoms with E-state index in [2.05, 4.69) is 10.6 Å². The summed E-state index contributed by atoms with van der Waals surface area (Å²) >= 11 is 0. The summed E-state index contributed by atoms with van der Waals surface area (Å²) in [6.07, 6.45) is 2.07. The number of nitrogens with one attached hydrogen (secondary N) is 2. The number of carbonyl (C=O) groups excluding carboxylic acids is 2. The zero-order valence-corrected chi connectivity index (χ0v) is 11.9. The van der Waals surface area contributed by atoms with Gasteiger partial charge in [0.15, 0.2) is 9.84 Å². The van der Waals surface area contributed by atoms with Gasteiger partial charge in [-0.15, -0.1) is 0 Å². The molecule has 20 heavy (non-hydrogen) atoms. The Morgan fingerprint density at radius 3 is 2.75 bits per heavy atom. The van der Waals surface area contributed by atoms with E-state index in [1.165, 1.54) is 18.2 Å². The van der Waals surface area contributed by atoms with Gasteiger partial charge in [-0.05, 0) is 24.6 Å². The van der Waals surface area contributed by atoms with Crippen LogP contribution in [0.25, 0.3) is 0 Å². The maximum Gasteiger partial charge on any atom is 0.251 e. The zero-order valence-electron chi connectivity index (χ0n) is 11.0. The normalized spacial score (nSPS) is 19.2. The maximum atomic E-state index is 12.1. The molecule has 1 aromatic carbocycles. The Labute approximate surface area is 117 Å². The quantitative estimate of drug-likeness (QED) is 0.827. The monoisotopic (exact) mass is 296 g/mol. The molecule has 1 heterocycles. The van der Waals surface area contributed by atoms with E-state index in [1.807, 2.05) is 0 Å². The molecule has 0 spiro atoms. The Morgan fingerprint density at radius 2 is 2.15 bits per heavy atom. The second kappa shape index (κ2) is 5.62. The topological polar surface area (TPSA) is 92.3 Å². The highest BCUT2D eigenvalue weighted by Crippen LogP contribution is 2.12. The van der Waals surface area contributed by atoms with E-state index < -0.39 is 9.84 Å². The molecule has 1 aliphatic rings. The van der Waals surface area contributed by atoms with E-state index in [0.717, 1.165) is 6.26 Å². The first-order chi connectivity index (χ1) is 9.36. The number of hydrogen-bond acceptors (Lipinski definition) is 4. The number of sulfone groups is 1. The molecule has 2 amide bonds. The smallest absolute Gasteiger partial charge is 0.251 e. The molecular formula is C13H16N2O4S. The van der Waals surface area contributed by atoms with Crippen LogP contribution in [0, 0.1) is 0 Å². The molecule has 6 nitrogen and oxygen atoms in total. The van der Waals surface area contributed by atoms with Gasteiger partial charge < -0.3 is 10.6 Å². The Hall–Kier alpha value is -1.89. The van der Waals surface area contributed by atoms with E-state index in [0.29, 0.717) is 24.9 Å². The molecule has 0 aliphatic carbocycles. The molecule has 0 saturated carbocycles. The summed E-state index contributed by atoms with van der Waals surface area (Å²) in [4.78, 5) is 23.2. The largest absolute Gasteiger partial charge is 0.354 e. The lowest BCUT2D eigenvalue weighted by Gasteiger charge is -2.23. The summed E-state index contributed by atoms with van der Waals surface area (Å²) in [7, 11) is -3.34. The molecule has 1 atom stereocenters. The average Bonchev–Trinajstić information content (AvgIpc) is 2.40. The van der Waals surface area contributed by atoms with Gasteiger partial charge in [0.2, 0.25) is 5.91 Å². The summed E-state index contributed by atoms with van der Waals surface area (Å²) in [6, 6.07) is 5.78. The van der Waals surface area contributed by atoms with E-state index in [-0.39, 0.29) is 22.8 Å².